The van der Waals surface area contributed by atoms with Crippen LogP contribution in [0.3, 0.4) is 0 Å². The maximum atomic E-state index is 11.8. The molecule has 0 spiro atoms. The number of amides is 2. The molecule has 8 heteroatoms. The van der Waals surface area contributed by atoms with E-state index in [1.54, 1.807) is 31.4 Å². The van der Waals surface area contributed by atoms with Crippen LogP contribution in [0.25, 0.3) is 0 Å². The van der Waals surface area contributed by atoms with Crippen molar-refractivity contribution in [3.05, 3.63) is 57.6 Å². The molecule has 2 rings (SSSR count). The first-order valence-corrected chi connectivity index (χ1v) is 6.53. The first-order valence-electron chi connectivity index (χ1n) is 6.15. The largest absolute Gasteiger partial charge is 0.497 e. The summed E-state index contributed by atoms with van der Waals surface area (Å²) in [6.45, 7) is 0. The standard InChI is InChI=1S/C14H12ClN3O4/c1-22-11-5-2-9(3-6-11)16-14(19)17-10-4-7-12(15)13(8-10)18(20)21/h2-8H,1H3,(H2,16,17,19). The molecule has 2 N–H and O–H groups in total. The number of nitro benzene ring substituents is 1. The highest BCUT2D eigenvalue weighted by molar-refractivity contribution is 6.32. The van der Waals surface area contributed by atoms with Gasteiger partial charge >= 0.3 is 6.03 Å². The van der Waals surface area contributed by atoms with Crippen molar-refractivity contribution in [3.63, 3.8) is 0 Å². The Morgan fingerprint density at radius 2 is 1.73 bits per heavy atom. The van der Waals surface area contributed by atoms with Crippen molar-refractivity contribution in [1.82, 2.24) is 0 Å². The van der Waals surface area contributed by atoms with Gasteiger partial charge in [-0.25, -0.2) is 4.79 Å². The summed E-state index contributed by atoms with van der Waals surface area (Å²) < 4.78 is 5.01. The van der Waals surface area contributed by atoms with Crippen molar-refractivity contribution >= 4 is 34.7 Å². The maximum Gasteiger partial charge on any atom is 0.323 e. The van der Waals surface area contributed by atoms with E-state index in [4.69, 9.17) is 16.3 Å². The number of methoxy groups -OCH3 is 1. The van der Waals surface area contributed by atoms with Gasteiger partial charge in [0, 0.05) is 17.4 Å². The van der Waals surface area contributed by atoms with Crippen LogP contribution in [-0.4, -0.2) is 18.1 Å². The molecule has 0 unspecified atom stereocenters. The number of hydrogen-bond acceptors (Lipinski definition) is 4. The van der Waals surface area contributed by atoms with E-state index in [0.717, 1.165) is 0 Å². The Hall–Kier alpha value is -2.80. The lowest BCUT2D eigenvalue weighted by molar-refractivity contribution is -0.384. The smallest absolute Gasteiger partial charge is 0.323 e. The number of urea groups is 1. The number of rotatable bonds is 4. The van der Waals surface area contributed by atoms with Gasteiger partial charge in [-0.1, -0.05) is 11.6 Å². The number of ether oxygens (including phenoxy) is 1. The molecule has 0 aliphatic heterocycles. The van der Waals surface area contributed by atoms with Crippen molar-refractivity contribution in [2.45, 2.75) is 0 Å². The average Bonchev–Trinajstić information content (AvgIpc) is 2.49. The molecule has 0 aromatic heterocycles. The molecule has 0 fully saturated rings. The molecule has 0 bridgehead atoms. The fourth-order valence-electron chi connectivity index (χ4n) is 1.70. The van der Waals surface area contributed by atoms with E-state index in [9.17, 15) is 14.9 Å². The van der Waals surface area contributed by atoms with E-state index >= 15 is 0 Å². The molecule has 0 aliphatic carbocycles. The Bertz CT molecular complexity index is 704. The highest BCUT2D eigenvalue weighted by Crippen LogP contribution is 2.27. The Morgan fingerprint density at radius 3 is 2.32 bits per heavy atom. The molecule has 0 radical (unpaired) electrons. The fraction of sp³-hybridized carbons (Fsp3) is 0.0714. The van der Waals surface area contributed by atoms with Gasteiger partial charge in [-0.15, -0.1) is 0 Å². The van der Waals surface area contributed by atoms with E-state index < -0.39 is 11.0 Å². The first kappa shape index (κ1) is 15.6. The Kier molecular flexibility index (Phi) is 4.80. The van der Waals surface area contributed by atoms with Crippen molar-refractivity contribution in [2.24, 2.45) is 0 Å². The molecule has 2 amide bonds. The van der Waals surface area contributed by atoms with Crippen LogP contribution >= 0.6 is 11.6 Å². The van der Waals surface area contributed by atoms with Gasteiger partial charge in [-0.3, -0.25) is 10.1 Å². The number of benzene rings is 2. The summed E-state index contributed by atoms with van der Waals surface area (Å²) in [4.78, 5) is 22.0. The first-order chi connectivity index (χ1) is 10.5. The lowest BCUT2D eigenvalue weighted by atomic mass is 10.3. The zero-order valence-electron chi connectivity index (χ0n) is 11.5. The monoisotopic (exact) mass is 321 g/mol. The molecule has 2 aromatic carbocycles. The normalized spacial score (nSPS) is 9.91. The minimum absolute atomic E-state index is 0.00566. The zero-order valence-corrected chi connectivity index (χ0v) is 12.3. The van der Waals surface area contributed by atoms with Crippen LogP contribution in [0.2, 0.25) is 5.02 Å². The molecule has 2 aromatic rings. The average molecular weight is 322 g/mol. The summed E-state index contributed by atoms with van der Waals surface area (Å²) >= 11 is 5.70. The maximum absolute atomic E-state index is 11.8. The Balaban J connectivity index is 2.05. The van der Waals surface area contributed by atoms with Crippen LogP contribution in [0, 0.1) is 10.1 Å². The molecule has 0 atom stereocenters. The number of carbonyl (C=O) groups excluding carboxylic acids is 1. The van der Waals surface area contributed by atoms with Gasteiger partial charge < -0.3 is 15.4 Å². The Morgan fingerprint density at radius 1 is 1.14 bits per heavy atom. The van der Waals surface area contributed by atoms with Gasteiger partial charge in [0.2, 0.25) is 0 Å². The Labute approximate surface area is 131 Å². The van der Waals surface area contributed by atoms with Crippen LogP contribution in [0.1, 0.15) is 0 Å². The second kappa shape index (κ2) is 6.77. The SMILES string of the molecule is COc1ccc(NC(=O)Nc2ccc(Cl)c([N+](=O)[O-])c2)cc1. The van der Waals surface area contributed by atoms with Gasteiger partial charge in [-0.05, 0) is 36.4 Å². The van der Waals surface area contributed by atoms with Gasteiger partial charge in [-0.2, -0.15) is 0 Å². The minimum Gasteiger partial charge on any atom is -0.497 e. The zero-order chi connectivity index (χ0) is 16.1. The fourth-order valence-corrected chi connectivity index (χ4v) is 1.88. The summed E-state index contributed by atoms with van der Waals surface area (Å²) in [7, 11) is 1.54. The molecule has 0 saturated heterocycles. The number of nitro groups is 1. The van der Waals surface area contributed by atoms with Crippen molar-refractivity contribution in [2.75, 3.05) is 17.7 Å². The van der Waals surface area contributed by atoms with Crippen molar-refractivity contribution in [1.29, 1.82) is 0 Å². The van der Waals surface area contributed by atoms with Crippen molar-refractivity contribution in [3.8, 4) is 5.75 Å². The van der Waals surface area contributed by atoms with E-state index in [-0.39, 0.29) is 16.4 Å². The van der Waals surface area contributed by atoms with E-state index in [2.05, 4.69) is 10.6 Å². The molecule has 114 valence electrons. The van der Waals surface area contributed by atoms with E-state index in [1.807, 2.05) is 0 Å². The lowest BCUT2D eigenvalue weighted by Crippen LogP contribution is -2.19. The lowest BCUT2D eigenvalue weighted by Gasteiger charge is -2.08. The van der Waals surface area contributed by atoms with Crippen LogP contribution in [-0.2, 0) is 0 Å². The van der Waals surface area contributed by atoms with Crippen LogP contribution in [0.4, 0.5) is 21.9 Å². The molecule has 0 saturated carbocycles. The minimum atomic E-state index is -0.616. The number of nitrogens with one attached hydrogen (secondary N) is 2. The van der Waals surface area contributed by atoms with Gasteiger partial charge in [0.05, 0.1) is 12.0 Å². The second-order valence-electron chi connectivity index (χ2n) is 4.23. The highest BCUT2D eigenvalue weighted by atomic mass is 35.5. The van der Waals surface area contributed by atoms with Crippen LogP contribution < -0.4 is 15.4 Å². The summed E-state index contributed by atoms with van der Waals surface area (Å²) in [6.07, 6.45) is 0. The third-order valence-corrected chi connectivity index (χ3v) is 3.07. The van der Waals surface area contributed by atoms with Crippen molar-refractivity contribution < 1.29 is 14.5 Å². The molecule has 0 aliphatic rings. The number of hydrogen-bond donors (Lipinski definition) is 2. The number of anilines is 2. The topological polar surface area (TPSA) is 93.5 Å². The predicted octanol–water partition coefficient (Wildman–Crippen LogP) is 3.90. The molecule has 7 nitrogen and oxygen atoms in total. The van der Waals surface area contributed by atoms with Crippen LogP contribution in [0.5, 0.6) is 5.75 Å². The predicted molar refractivity (Wildman–Crippen MR) is 83.7 cm³/mol. The number of carbonyl (C=O) groups is 1. The number of nitrogens with zero attached hydrogens (tertiary/aromatic N) is 1. The summed E-state index contributed by atoms with van der Waals surface area (Å²) in [5.41, 5.74) is 0.549. The van der Waals surface area contributed by atoms with Gasteiger partial charge in [0.25, 0.3) is 5.69 Å². The summed E-state index contributed by atoms with van der Waals surface area (Å²) in [5.74, 6) is 0.666. The van der Waals surface area contributed by atoms with Gasteiger partial charge in [0.1, 0.15) is 10.8 Å². The second-order valence-corrected chi connectivity index (χ2v) is 4.64. The molecule has 0 heterocycles. The number of halogens is 1. The third kappa shape index (κ3) is 3.86. The quantitative estimate of drug-likeness (QED) is 0.659. The molecular weight excluding hydrogens is 310 g/mol. The highest BCUT2D eigenvalue weighted by Gasteiger charge is 2.13. The van der Waals surface area contributed by atoms with E-state index in [1.165, 1.54) is 18.2 Å². The summed E-state index contributed by atoms with van der Waals surface area (Å²) in [5, 5.41) is 15.9. The third-order valence-electron chi connectivity index (χ3n) is 2.75. The molecular formula is C14H12ClN3O4. The summed E-state index contributed by atoms with van der Waals surface area (Å²) in [6, 6.07) is 10.2. The van der Waals surface area contributed by atoms with Gasteiger partial charge in [0.15, 0.2) is 0 Å². The molecule has 22 heavy (non-hydrogen) atoms. The van der Waals surface area contributed by atoms with E-state index in [0.29, 0.717) is 11.4 Å². The van der Waals surface area contributed by atoms with Crippen LogP contribution in [0.15, 0.2) is 42.5 Å².